The molecule has 1 aromatic rings. The Kier molecular flexibility index (Phi) is 16.1. The molecule has 0 aliphatic rings. The average molecular weight is 537 g/mol. The van der Waals surface area contributed by atoms with Crippen LogP contribution in [0.4, 0.5) is 0 Å². The zero-order valence-corrected chi connectivity index (χ0v) is 24.0. The van der Waals surface area contributed by atoms with Crippen molar-refractivity contribution in [2.45, 2.75) is 85.0 Å². The van der Waals surface area contributed by atoms with Gasteiger partial charge in [0.25, 0.3) is 0 Å². The van der Waals surface area contributed by atoms with Crippen LogP contribution in [-0.4, -0.2) is 38.4 Å². The molecule has 0 amide bonds. The molecule has 0 aliphatic heterocycles. The molecule has 0 bridgehead atoms. The first-order chi connectivity index (χ1) is 17.6. The Hall–Kier alpha value is -2.21. The Morgan fingerprint density at radius 2 is 1.14 bits per heavy atom. The fraction of sp³-hybridized carbons (Fsp3) is 0.586. The topological polar surface area (TPSA) is 88.1 Å². The molecule has 0 radical (unpaired) electrons. The van der Waals surface area contributed by atoms with Crippen molar-refractivity contribution in [3.05, 3.63) is 54.1 Å². The number of hydrogen-bond acceptors (Lipinski definition) is 7. The fourth-order valence-corrected chi connectivity index (χ4v) is 5.47. The number of hydrogen-bond donors (Lipinski definition) is 0. The van der Waals surface area contributed by atoms with Gasteiger partial charge in [-0.2, -0.15) is 0 Å². The molecule has 37 heavy (non-hydrogen) atoms. The van der Waals surface area contributed by atoms with E-state index in [1.807, 2.05) is 24.3 Å². The first-order valence-electron chi connectivity index (χ1n) is 13.2. The Morgan fingerprint density at radius 1 is 0.730 bits per heavy atom. The van der Waals surface area contributed by atoms with Gasteiger partial charge in [0.2, 0.25) is 0 Å². The third-order valence-corrected chi connectivity index (χ3v) is 7.66. The minimum Gasteiger partial charge on any atom is -0.462 e. The minimum absolute atomic E-state index is 0.181. The summed E-state index contributed by atoms with van der Waals surface area (Å²) in [6, 6.07) is 7.60. The highest BCUT2D eigenvalue weighted by Crippen LogP contribution is 2.49. The summed E-state index contributed by atoms with van der Waals surface area (Å²) in [5.41, 5.74) is 1.76. The second kappa shape index (κ2) is 18.1. The molecule has 0 unspecified atom stereocenters. The number of unbranched alkanes of at least 4 members (excludes halogenated alkanes) is 6. The second-order valence-electron chi connectivity index (χ2n) is 9.54. The van der Waals surface area contributed by atoms with Crippen LogP contribution in [0.1, 0.15) is 90.5 Å². The van der Waals surface area contributed by atoms with E-state index in [1.54, 1.807) is 13.8 Å². The summed E-state index contributed by atoms with van der Waals surface area (Å²) < 4.78 is 36.0. The van der Waals surface area contributed by atoms with E-state index in [4.69, 9.17) is 18.5 Å². The van der Waals surface area contributed by atoms with Crippen LogP contribution in [0.3, 0.4) is 0 Å². The maximum Gasteiger partial charge on any atom is 0.361 e. The van der Waals surface area contributed by atoms with Crippen molar-refractivity contribution >= 4 is 24.8 Å². The van der Waals surface area contributed by atoms with Gasteiger partial charge in [0.1, 0.15) is 0 Å². The van der Waals surface area contributed by atoms with E-state index in [0.717, 1.165) is 56.9 Å². The van der Waals surface area contributed by atoms with Crippen LogP contribution < -0.4 is 5.30 Å². The number of carbonyl (C=O) groups excluding carboxylic acids is 2. The molecule has 0 saturated heterocycles. The van der Waals surface area contributed by atoms with Crippen LogP contribution in [0, 0.1) is 0 Å². The monoisotopic (exact) mass is 536 g/mol. The average Bonchev–Trinajstić information content (AvgIpc) is 2.86. The number of carbonyl (C=O) groups is 2. The van der Waals surface area contributed by atoms with Crippen molar-refractivity contribution in [1.29, 1.82) is 0 Å². The summed E-state index contributed by atoms with van der Waals surface area (Å²) in [7, 11) is -3.49. The summed E-state index contributed by atoms with van der Waals surface area (Å²) in [6.45, 7) is 15.9. The molecule has 7 nitrogen and oxygen atoms in total. The van der Waals surface area contributed by atoms with E-state index >= 15 is 0 Å². The van der Waals surface area contributed by atoms with E-state index in [-0.39, 0.29) is 17.9 Å². The van der Waals surface area contributed by atoms with Gasteiger partial charge in [0.05, 0.1) is 31.7 Å². The highest BCUT2D eigenvalue weighted by molar-refractivity contribution is 7.62. The van der Waals surface area contributed by atoms with Crippen LogP contribution in [0.2, 0.25) is 0 Å². The predicted octanol–water partition coefficient (Wildman–Crippen LogP) is 7.02. The molecule has 1 aromatic carbocycles. The standard InChI is InChI=1S/C29H45O7P/c1-23(2)26-17-11-12-18-27(26)37(32,35-21-15-9-7-13-19-33-28(30)24(3)4)36-22-16-10-8-14-20-34-29(31)25(5)6/h11-12,17-18,23H,3,5,7-10,13-16,19-22H2,1-2,4,6H3. The quantitative estimate of drug-likeness (QED) is 0.0766. The van der Waals surface area contributed by atoms with Crippen molar-refractivity contribution in [3.8, 4) is 0 Å². The Morgan fingerprint density at radius 3 is 1.54 bits per heavy atom. The molecule has 0 aliphatic carbocycles. The van der Waals surface area contributed by atoms with Crippen LogP contribution in [0.15, 0.2) is 48.6 Å². The van der Waals surface area contributed by atoms with Crippen molar-refractivity contribution in [1.82, 2.24) is 0 Å². The number of benzene rings is 1. The lowest BCUT2D eigenvalue weighted by Crippen LogP contribution is -2.17. The van der Waals surface area contributed by atoms with E-state index in [0.29, 0.717) is 42.9 Å². The van der Waals surface area contributed by atoms with E-state index < -0.39 is 7.60 Å². The van der Waals surface area contributed by atoms with Crippen LogP contribution in [0.5, 0.6) is 0 Å². The lowest BCUT2D eigenvalue weighted by Gasteiger charge is -2.22. The van der Waals surface area contributed by atoms with Crippen molar-refractivity contribution in [2.24, 2.45) is 0 Å². The summed E-state index contributed by atoms with van der Waals surface area (Å²) >= 11 is 0. The van der Waals surface area contributed by atoms with Crippen LogP contribution in [-0.2, 0) is 32.7 Å². The predicted molar refractivity (Wildman–Crippen MR) is 148 cm³/mol. The first kappa shape index (κ1) is 32.8. The van der Waals surface area contributed by atoms with Gasteiger partial charge < -0.3 is 18.5 Å². The van der Waals surface area contributed by atoms with Crippen LogP contribution >= 0.6 is 7.60 Å². The van der Waals surface area contributed by atoms with Gasteiger partial charge in [-0.1, -0.05) is 58.0 Å². The summed E-state index contributed by atoms with van der Waals surface area (Å²) in [5.74, 6) is -0.548. The largest absolute Gasteiger partial charge is 0.462 e. The third kappa shape index (κ3) is 13.2. The molecule has 0 atom stereocenters. The maximum absolute atomic E-state index is 13.9. The number of rotatable bonds is 20. The Bertz CT molecular complexity index is 877. The Labute approximate surface area is 223 Å². The molecule has 8 heteroatoms. The third-order valence-electron chi connectivity index (χ3n) is 5.62. The first-order valence-corrected chi connectivity index (χ1v) is 14.8. The van der Waals surface area contributed by atoms with Crippen LogP contribution in [0.25, 0.3) is 0 Å². The Balaban J connectivity index is 2.52. The molecular weight excluding hydrogens is 491 g/mol. The zero-order chi connectivity index (χ0) is 27.7. The number of esters is 2. The second-order valence-corrected chi connectivity index (χ2v) is 11.5. The minimum atomic E-state index is -3.49. The number of ether oxygens (including phenoxy) is 2. The maximum atomic E-state index is 13.9. The lowest BCUT2D eigenvalue weighted by molar-refractivity contribution is -0.139. The summed E-state index contributed by atoms with van der Waals surface area (Å²) in [6.07, 6.45) is 6.47. The lowest BCUT2D eigenvalue weighted by atomic mass is 10.0. The normalized spacial score (nSPS) is 11.4. The van der Waals surface area contributed by atoms with E-state index in [1.165, 1.54) is 0 Å². The van der Waals surface area contributed by atoms with Gasteiger partial charge in [-0.15, -0.1) is 0 Å². The smallest absolute Gasteiger partial charge is 0.361 e. The highest BCUT2D eigenvalue weighted by Gasteiger charge is 2.30. The molecule has 1 rings (SSSR count). The van der Waals surface area contributed by atoms with Crippen molar-refractivity contribution in [2.75, 3.05) is 26.4 Å². The van der Waals surface area contributed by atoms with Gasteiger partial charge in [-0.05, 0) is 69.9 Å². The zero-order valence-electron chi connectivity index (χ0n) is 23.1. The SMILES string of the molecule is C=C(C)C(=O)OCCCCCCOP(=O)(OCCCCCCOC(=O)C(=C)C)c1ccccc1C(C)C. The molecule has 0 spiro atoms. The van der Waals surface area contributed by atoms with Gasteiger partial charge in [-0.3, -0.25) is 4.57 Å². The van der Waals surface area contributed by atoms with Gasteiger partial charge in [0.15, 0.2) is 0 Å². The fourth-order valence-electron chi connectivity index (χ4n) is 3.46. The van der Waals surface area contributed by atoms with Gasteiger partial charge >= 0.3 is 19.5 Å². The van der Waals surface area contributed by atoms with E-state index in [9.17, 15) is 14.2 Å². The summed E-state index contributed by atoms with van der Waals surface area (Å²) in [5, 5.41) is 0.628. The van der Waals surface area contributed by atoms with Gasteiger partial charge in [0, 0.05) is 11.1 Å². The molecule has 0 aromatic heterocycles. The molecule has 0 heterocycles. The molecule has 0 fully saturated rings. The summed E-state index contributed by atoms with van der Waals surface area (Å²) in [4.78, 5) is 22.8. The molecule has 0 N–H and O–H groups in total. The van der Waals surface area contributed by atoms with Gasteiger partial charge in [-0.25, -0.2) is 9.59 Å². The van der Waals surface area contributed by atoms with E-state index in [2.05, 4.69) is 27.0 Å². The molecule has 208 valence electrons. The van der Waals surface area contributed by atoms with Crippen molar-refractivity contribution < 1.29 is 32.7 Å². The van der Waals surface area contributed by atoms with Crippen molar-refractivity contribution in [3.63, 3.8) is 0 Å². The highest BCUT2D eigenvalue weighted by atomic mass is 31.2. The molecule has 0 saturated carbocycles. The molecular formula is C29H45O7P.